The Morgan fingerprint density at radius 2 is 2.12 bits per heavy atom. The number of hydrogen-bond donors (Lipinski definition) is 1. The average Bonchev–Trinajstić information content (AvgIpc) is 2.33. The molecule has 0 bridgehead atoms. The first kappa shape index (κ1) is 13.2. The maximum absolute atomic E-state index is 13.2. The molecular weight excluding hydrogens is 257 g/mol. The van der Waals surface area contributed by atoms with Crippen LogP contribution in [0.2, 0.25) is 5.02 Å². The van der Waals surface area contributed by atoms with Crippen LogP contribution >= 0.6 is 23.4 Å². The fourth-order valence-corrected chi connectivity index (χ4v) is 3.73. The molecule has 1 aromatic rings. The first-order valence-corrected chi connectivity index (χ1v) is 7.48. The first-order valence-electron chi connectivity index (χ1n) is 5.95. The molecule has 4 heteroatoms. The second kappa shape index (κ2) is 6.07. The van der Waals surface area contributed by atoms with Crippen LogP contribution in [-0.2, 0) is 0 Å². The van der Waals surface area contributed by atoms with Gasteiger partial charge in [0.2, 0.25) is 0 Å². The fourth-order valence-electron chi connectivity index (χ4n) is 2.27. The standard InChI is InChI=1S/C13H17ClFNS/c14-12-2-1-10(15)8-11(12)13(16)7-9-3-5-17-6-4-9/h1-2,8-9,13H,3-7,16H2. The zero-order valence-electron chi connectivity index (χ0n) is 9.66. The van der Waals surface area contributed by atoms with Gasteiger partial charge in [0.1, 0.15) is 5.82 Å². The van der Waals surface area contributed by atoms with Crippen molar-refractivity contribution in [1.29, 1.82) is 0 Å². The summed E-state index contributed by atoms with van der Waals surface area (Å²) in [6.07, 6.45) is 3.33. The van der Waals surface area contributed by atoms with Crippen molar-refractivity contribution in [3.05, 3.63) is 34.6 Å². The van der Waals surface area contributed by atoms with E-state index < -0.39 is 0 Å². The third-order valence-electron chi connectivity index (χ3n) is 3.29. The van der Waals surface area contributed by atoms with Crippen LogP contribution in [0.4, 0.5) is 4.39 Å². The third-order valence-corrected chi connectivity index (χ3v) is 4.68. The molecule has 1 aliphatic heterocycles. The summed E-state index contributed by atoms with van der Waals surface area (Å²) in [7, 11) is 0. The monoisotopic (exact) mass is 273 g/mol. The van der Waals surface area contributed by atoms with E-state index in [2.05, 4.69) is 0 Å². The van der Waals surface area contributed by atoms with Gasteiger partial charge in [-0.05, 0) is 60.4 Å². The van der Waals surface area contributed by atoms with Gasteiger partial charge in [-0.2, -0.15) is 11.8 Å². The maximum Gasteiger partial charge on any atom is 0.123 e. The van der Waals surface area contributed by atoms with Crippen LogP contribution in [0.1, 0.15) is 30.9 Å². The Morgan fingerprint density at radius 3 is 2.82 bits per heavy atom. The van der Waals surface area contributed by atoms with E-state index in [0.29, 0.717) is 10.9 Å². The van der Waals surface area contributed by atoms with Crippen LogP contribution in [-0.4, -0.2) is 11.5 Å². The van der Waals surface area contributed by atoms with Crippen molar-refractivity contribution in [2.75, 3.05) is 11.5 Å². The molecule has 1 aromatic carbocycles. The minimum Gasteiger partial charge on any atom is -0.324 e. The van der Waals surface area contributed by atoms with Crippen molar-refractivity contribution in [2.24, 2.45) is 11.7 Å². The lowest BCUT2D eigenvalue weighted by Crippen LogP contribution is -2.19. The number of nitrogens with two attached hydrogens (primary N) is 1. The Bertz CT molecular complexity index is 380. The zero-order valence-corrected chi connectivity index (χ0v) is 11.2. The molecule has 1 heterocycles. The molecule has 1 nitrogen and oxygen atoms in total. The molecule has 1 unspecified atom stereocenters. The summed E-state index contributed by atoms with van der Waals surface area (Å²) in [5.74, 6) is 2.83. The van der Waals surface area contributed by atoms with Crippen LogP contribution in [0.15, 0.2) is 18.2 Å². The maximum atomic E-state index is 13.2. The normalized spacial score (nSPS) is 19.2. The van der Waals surface area contributed by atoms with Gasteiger partial charge in [-0.1, -0.05) is 11.6 Å². The van der Waals surface area contributed by atoms with E-state index in [1.807, 2.05) is 11.8 Å². The van der Waals surface area contributed by atoms with Gasteiger partial charge in [-0.15, -0.1) is 0 Å². The molecular formula is C13H17ClFNS. The van der Waals surface area contributed by atoms with Gasteiger partial charge in [0.15, 0.2) is 0 Å². The second-order valence-corrected chi connectivity index (χ2v) is 6.20. The lowest BCUT2D eigenvalue weighted by Gasteiger charge is -2.24. The van der Waals surface area contributed by atoms with Crippen LogP contribution in [0.25, 0.3) is 0 Å². The largest absolute Gasteiger partial charge is 0.324 e. The van der Waals surface area contributed by atoms with Crippen molar-refractivity contribution in [2.45, 2.75) is 25.3 Å². The number of benzene rings is 1. The van der Waals surface area contributed by atoms with Crippen LogP contribution < -0.4 is 5.73 Å². The number of rotatable bonds is 3. The minimum atomic E-state index is -0.265. The summed E-state index contributed by atoms with van der Waals surface area (Å²) in [6.45, 7) is 0. The molecule has 1 aliphatic rings. The van der Waals surface area contributed by atoms with Gasteiger partial charge in [0.25, 0.3) is 0 Å². The minimum absolute atomic E-state index is 0.147. The van der Waals surface area contributed by atoms with Gasteiger partial charge < -0.3 is 5.73 Å². The van der Waals surface area contributed by atoms with E-state index in [0.717, 1.165) is 12.0 Å². The smallest absolute Gasteiger partial charge is 0.123 e. The van der Waals surface area contributed by atoms with E-state index in [9.17, 15) is 4.39 Å². The Kier molecular flexibility index (Phi) is 4.71. The quantitative estimate of drug-likeness (QED) is 0.900. The number of thioether (sulfide) groups is 1. The molecule has 0 aliphatic carbocycles. The molecule has 1 saturated heterocycles. The molecule has 0 saturated carbocycles. The van der Waals surface area contributed by atoms with Crippen LogP contribution in [0.3, 0.4) is 0 Å². The lowest BCUT2D eigenvalue weighted by atomic mass is 9.91. The Balaban J connectivity index is 2.02. The van der Waals surface area contributed by atoms with Gasteiger partial charge in [0, 0.05) is 11.1 Å². The number of hydrogen-bond acceptors (Lipinski definition) is 2. The van der Waals surface area contributed by atoms with E-state index in [1.54, 1.807) is 6.07 Å². The van der Waals surface area contributed by atoms with Crippen molar-refractivity contribution < 1.29 is 4.39 Å². The molecule has 1 fully saturated rings. The molecule has 94 valence electrons. The summed E-state index contributed by atoms with van der Waals surface area (Å²) < 4.78 is 13.2. The van der Waals surface area contributed by atoms with Crippen molar-refractivity contribution in [3.8, 4) is 0 Å². The molecule has 1 atom stereocenters. The van der Waals surface area contributed by atoms with E-state index in [-0.39, 0.29) is 11.9 Å². The molecule has 0 aromatic heterocycles. The third kappa shape index (κ3) is 3.60. The predicted octanol–water partition coefficient (Wildman–Crippen LogP) is 4.01. The topological polar surface area (TPSA) is 26.0 Å². The van der Waals surface area contributed by atoms with E-state index >= 15 is 0 Å². The highest BCUT2D eigenvalue weighted by Crippen LogP contribution is 2.32. The summed E-state index contributed by atoms with van der Waals surface area (Å²) >= 11 is 8.06. The zero-order chi connectivity index (χ0) is 12.3. The highest BCUT2D eigenvalue weighted by atomic mass is 35.5. The van der Waals surface area contributed by atoms with Crippen molar-refractivity contribution >= 4 is 23.4 Å². The number of halogens is 2. The van der Waals surface area contributed by atoms with Crippen molar-refractivity contribution in [3.63, 3.8) is 0 Å². The summed E-state index contributed by atoms with van der Waals surface area (Å²) in [4.78, 5) is 0. The summed E-state index contributed by atoms with van der Waals surface area (Å²) in [5.41, 5.74) is 6.88. The fraction of sp³-hybridized carbons (Fsp3) is 0.538. The van der Waals surface area contributed by atoms with Gasteiger partial charge in [-0.25, -0.2) is 4.39 Å². The van der Waals surface area contributed by atoms with Crippen LogP contribution in [0.5, 0.6) is 0 Å². The highest BCUT2D eigenvalue weighted by Gasteiger charge is 2.19. The molecule has 0 radical (unpaired) electrons. The predicted molar refractivity (Wildman–Crippen MR) is 73.0 cm³/mol. The first-order chi connectivity index (χ1) is 8.16. The van der Waals surface area contributed by atoms with Gasteiger partial charge in [0.05, 0.1) is 0 Å². The lowest BCUT2D eigenvalue weighted by molar-refractivity contribution is 0.412. The van der Waals surface area contributed by atoms with Gasteiger partial charge in [-0.3, -0.25) is 0 Å². The van der Waals surface area contributed by atoms with E-state index in [1.165, 1.54) is 36.5 Å². The van der Waals surface area contributed by atoms with Crippen LogP contribution in [0, 0.1) is 11.7 Å². The second-order valence-electron chi connectivity index (χ2n) is 4.56. The highest BCUT2D eigenvalue weighted by molar-refractivity contribution is 7.99. The molecule has 2 rings (SSSR count). The Labute approximate surface area is 111 Å². The SMILES string of the molecule is NC(CC1CCSCC1)c1cc(F)ccc1Cl. The molecule has 0 spiro atoms. The summed E-state index contributed by atoms with van der Waals surface area (Å²) in [6, 6.07) is 4.27. The van der Waals surface area contributed by atoms with E-state index in [4.69, 9.17) is 17.3 Å². The molecule has 17 heavy (non-hydrogen) atoms. The Hall–Kier alpha value is -0.250. The molecule has 2 N–H and O–H groups in total. The van der Waals surface area contributed by atoms with Crippen molar-refractivity contribution in [1.82, 2.24) is 0 Å². The van der Waals surface area contributed by atoms with Gasteiger partial charge >= 0.3 is 0 Å². The molecule has 0 amide bonds. The average molecular weight is 274 g/mol. The summed E-state index contributed by atoms with van der Waals surface area (Å²) in [5, 5.41) is 0.573. The Morgan fingerprint density at radius 1 is 1.41 bits per heavy atom.